The minimum Gasteiger partial charge on any atom is -0.459 e. The van der Waals surface area contributed by atoms with Gasteiger partial charge in [-0.1, -0.05) is 6.07 Å². The molecular formula is C19H23N3O5S. The Morgan fingerprint density at radius 3 is 2.39 bits per heavy atom. The van der Waals surface area contributed by atoms with Crippen LogP contribution in [0.1, 0.15) is 21.7 Å². The average molecular weight is 405 g/mol. The standard InChI is InChI=1S/C19H23N3O5S/c1-14-5-6-16(12-15(14)2)28(25,26)22-9-7-21(8-10-22)18(23)13-20-19(24)17-4-3-11-27-17/h3-6,11-12H,7-10,13H2,1-2H3,(H,20,24). The van der Waals surface area contributed by atoms with Gasteiger partial charge in [0.2, 0.25) is 15.9 Å². The maximum Gasteiger partial charge on any atom is 0.287 e. The molecule has 150 valence electrons. The molecule has 1 N–H and O–H groups in total. The molecule has 3 rings (SSSR count). The second kappa shape index (κ2) is 8.15. The summed E-state index contributed by atoms with van der Waals surface area (Å²) in [6.07, 6.45) is 1.38. The number of aryl methyl sites for hydroxylation is 2. The number of furan rings is 1. The van der Waals surface area contributed by atoms with E-state index >= 15 is 0 Å². The van der Waals surface area contributed by atoms with E-state index in [1.807, 2.05) is 13.8 Å². The quantitative estimate of drug-likeness (QED) is 0.805. The van der Waals surface area contributed by atoms with E-state index in [1.165, 1.54) is 16.6 Å². The zero-order valence-corrected chi connectivity index (χ0v) is 16.7. The lowest BCUT2D eigenvalue weighted by molar-refractivity contribution is -0.131. The lowest BCUT2D eigenvalue weighted by Gasteiger charge is -2.34. The minimum absolute atomic E-state index is 0.136. The van der Waals surface area contributed by atoms with Gasteiger partial charge < -0.3 is 14.6 Å². The fraction of sp³-hybridized carbons (Fsp3) is 0.368. The molecular weight excluding hydrogens is 382 g/mol. The predicted octanol–water partition coefficient (Wildman–Crippen LogP) is 1.16. The fourth-order valence-electron chi connectivity index (χ4n) is 2.96. The summed E-state index contributed by atoms with van der Waals surface area (Å²) in [4.78, 5) is 25.9. The SMILES string of the molecule is Cc1ccc(S(=O)(=O)N2CCN(C(=O)CNC(=O)c3ccco3)CC2)cc1C. The monoisotopic (exact) mass is 405 g/mol. The maximum atomic E-state index is 12.8. The number of hydrogen-bond acceptors (Lipinski definition) is 5. The molecule has 1 aromatic carbocycles. The van der Waals surface area contributed by atoms with Crippen LogP contribution in [0.5, 0.6) is 0 Å². The van der Waals surface area contributed by atoms with Gasteiger partial charge in [0.25, 0.3) is 5.91 Å². The number of benzene rings is 1. The predicted molar refractivity (Wildman–Crippen MR) is 102 cm³/mol. The Morgan fingerprint density at radius 2 is 1.79 bits per heavy atom. The van der Waals surface area contributed by atoms with Crippen molar-refractivity contribution in [3.63, 3.8) is 0 Å². The van der Waals surface area contributed by atoms with Crippen molar-refractivity contribution in [2.24, 2.45) is 0 Å². The third kappa shape index (κ3) is 4.26. The maximum absolute atomic E-state index is 12.8. The van der Waals surface area contributed by atoms with E-state index in [2.05, 4.69) is 5.32 Å². The Balaban J connectivity index is 1.55. The van der Waals surface area contributed by atoms with E-state index in [1.54, 1.807) is 29.2 Å². The Labute approximate surface area is 164 Å². The van der Waals surface area contributed by atoms with Crippen molar-refractivity contribution in [1.29, 1.82) is 0 Å². The van der Waals surface area contributed by atoms with E-state index < -0.39 is 15.9 Å². The third-order valence-electron chi connectivity index (χ3n) is 4.85. The Kier molecular flexibility index (Phi) is 5.85. The van der Waals surface area contributed by atoms with Crippen LogP contribution in [0.3, 0.4) is 0 Å². The first-order valence-corrected chi connectivity index (χ1v) is 10.4. The van der Waals surface area contributed by atoms with E-state index in [-0.39, 0.29) is 49.3 Å². The molecule has 0 aliphatic carbocycles. The highest BCUT2D eigenvalue weighted by Crippen LogP contribution is 2.20. The van der Waals surface area contributed by atoms with Crippen molar-refractivity contribution in [2.45, 2.75) is 18.7 Å². The van der Waals surface area contributed by atoms with Gasteiger partial charge in [0.1, 0.15) is 0 Å². The molecule has 9 heteroatoms. The van der Waals surface area contributed by atoms with Crippen LogP contribution < -0.4 is 5.32 Å². The lowest BCUT2D eigenvalue weighted by Crippen LogP contribution is -2.52. The highest BCUT2D eigenvalue weighted by molar-refractivity contribution is 7.89. The van der Waals surface area contributed by atoms with Gasteiger partial charge in [-0.05, 0) is 49.2 Å². The highest BCUT2D eigenvalue weighted by atomic mass is 32.2. The van der Waals surface area contributed by atoms with Gasteiger partial charge in [0, 0.05) is 26.2 Å². The Bertz CT molecular complexity index is 961. The molecule has 0 bridgehead atoms. The van der Waals surface area contributed by atoms with Crippen LogP contribution in [0.15, 0.2) is 45.9 Å². The van der Waals surface area contributed by atoms with Crippen LogP contribution >= 0.6 is 0 Å². The summed E-state index contributed by atoms with van der Waals surface area (Å²) >= 11 is 0. The van der Waals surface area contributed by atoms with Gasteiger partial charge in [-0.2, -0.15) is 4.31 Å². The van der Waals surface area contributed by atoms with Gasteiger partial charge in [0.15, 0.2) is 5.76 Å². The first kappa shape index (κ1) is 20.1. The number of sulfonamides is 1. The molecule has 0 saturated carbocycles. The summed E-state index contributed by atoms with van der Waals surface area (Å²) in [5.41, 5.74) is 1.95. The number of nitrogens with one attached hydrogen (secondary N) is 1. The Morgan fingerprint density at radius 1 is 1.07 bits per heavy atom. The van der Waals surface area contributed by atoms with Crippen LogP contribution in [0.4, 0.5) is 0 Å². The molecule has 1 aromatic heterocycles. The molecule has 1 aliphatic rings. The number of piperazine rings is 1. The summed E-state index contributed by atoms with van der Waals surface area (Å²) in [5.74, 6) is -0.588. The van der Waals surface area contributed by atoms with Crippen molar-refractivity contribution in [3.8, 4) is 0 Å². The molecule has 1 fully saturated rings. The van der Waals surface area contributed by atoms with Gasteiger partial charge in [-0.25, -0.2) is 8.42 Å². The summed E-state index contributed by atoms with van der Waals surface area (Å²) in [6.45, 7) is 4.63. The smallest absolute Gasteiger partial charge is 0.287 e. The van der Waals surface area contributed by atoms with Gasteiger partial charge in [0.05, 0.1) is 17.7 Å². The first-order chi connectivity index (χ1) is 13.3. The van der Waals surface area contributed by atoms with E-state index in [9.17, 15) is 18.0 Å². The molecule has 1 saturated heterocycles. The molecule has 8 nitrogen and oxygen atoms in total. The molecule has 2 heterocycles. The van der Waals surface area contributed by atoms with E-state index in [0.29, 0.717) is 0 Å². The Hall–Kier alpha value is -2.65. The number of rotatable bonds is 5. The lowest BCUT2D eigenvalue weighted by atomic mass is 10.1. The van der Waals surface area contributed by atoms with Gasteiger partial charge in [-0.3, -0.25) is 9.59 Å². The van der Waals surface area contributed by atoms with Gasteiger partial charge >= 0.3 is 0 Å². The number of carbonyl (C=O) groups excluding carboxylic acids is 2. The first-order valence-electron chi connectivity index (χ1n) is 8.96. The van der Waals surface area contributed by atoms with E-state index in [4.69, 9.17) is 4.42 Å². The topological polar surface area (TPSA) is 99.9 Å². The molecule has 0 radical (unpaired) electrons. The van der Waals surface area contributed by atoms with Crippen LogP contribution in [0.25, 0.3) is 0 Å². The van der Waals surface area contributed by atoms with Crippen molar-refractivity contribution in [2.75, 3.05) is 32.7 Å². The largest absolute Gasteiger partial charge is 0.459 e. The van der Waals surface area contributed by atoms with Crippen molar-refractivity contribution < 1.29 is 22.4 Å². The number of amides is 2. The second-order valence-corrected chi connectivity index (χ2v) is 8.63. The van der Waals surface area contributed by atoms with Crippen LogP contribution in [-0.2, 0) is 14.8 Å². The zero-order valence-electron chi connectivity index (χ0n) is 15.8. The summed E-state index contributed by atoms with van der Waals surface area (Å²) in [7, 11) is -3.59. The van der Waals surface area contributed by atoms with Crippen LogP contribution in [0, 0.1) is 13.8 Å². The second-order valence-electron chi connectivity index (χ2n) is 6.69. The number of nitrogens with zero attached hydrogens (tertiary/aromatic N) is 2. The molecule has 28 heavy (non-hydrogen) atoms. The molecule has 1 aliphatic heterocycles. The summed E-state index contributed by atoms with van der Waals surface area (Å²) < 4.78 is 32.0. The molecule has 0 spiro atoms. The van der Waals surface area contributed by atoms with Gasteiger partial charge in [-0.15, -0.1) is 0 Å². The van der Waals surface area contributed by atoms with E-state index in [0.717, 1.165) is 11.1 Å². The minimum atomic E-state index is -3.59. The summed E-state index contributed by atoms with van der Waals surface area (Å²) in [6, 6.07) is 8.18. The van der Waals surface area contributed by atoms with Crippen molar-refractivity contribution in [3.05, 3.63) is 53.5 Å². The number of carbonyl (C=O) groups is 2. The molecule has 2 aromatic rings. The highest BCUT2D eigenvalue weighted by Gasteiger charge is 2.30. The average Bonchev–Trinajstić information content (AvgIpc) is 3.23. The normalized spacial score (nSPS) is 15.4. The van der Waals surface area contributed by atoms with Crippen molar-refractivity contribution >= 4 is 21.8 Å². The molecule has 2 amide bonds. The zero-order chi connectivity index (χ0) is 20.3. The third-order valence-corrected chi connectivity index (χ3v) is 6.75. The fourth-order valence-corrected chi connectivity index (χ4v) is 4.47. The number of hydrogen-bond donors (Lipinski definition) is 1. The molecule has 0 unspecified atom stereocenters. The van der Waals surface area contributed by atoms with Crippen LogP contribution in [-0.4, -0.2) is 62.2 Å². The summed E-state index contributed by atoms with van der Waals surface area (Å²) in [5, 5.41) is 2.51. The van der Waals surface area contributed by atoms with Crippen LogP contribution in [0.2, 0.25) is 0 Å². The molecule has 0 atom stereocenters. The van der Waals surface area contributed by atoms with Crippen molar-refractivity contribution in [1.82, 2.24) is 14.5 Å².